The van der Waals surface area contributed by atoms with Crippen LogP contribution < -0.4 is 0 Å². The maximum atomic E-state index is 12.2. The van der Waals surface area contributed by atoms with Gasteiger partial charge in [-0.25, -0.2) is 0 Å². The van der Waals surface area contributed by atoms with Gasteiger partial charge in [-0.1, -0.05) is 34.0 Å². The Balaban J connectivity index is 2.22. The van der Waals surface area contributed by atoms with Crippen LogP contribution in [0.3, 0.4) is 0 Å². The predicted octanol–water partition coefficient (Wildman–Crippen LogP) is 4.57. The Bertz CT molecular complexity index is 402. The highest BCUT2D eigenvalue weighted by Gasteiger charge is 2.24. The third-order valence-electron chi connectivity index (χ3n) is 2.67. The minimum atomic E-state index is 0.0977. The first-order valence-corrected chi connectivity index (χ1v) is 7.51. The zero-order valence-corrected chi connectivity index (χ0v) is 11.9. The number of halogens is 2. The molecule has 4 heteroatoms. The standard InChI is InChI=1S/C12H12BrClOS/c13-8-4-5-10(14)9(7-8)12(15)11-3-1-2-6-16-11/h4-5,7,11H,1-3,6H2. The molecule has 1 atom stereocenters. The van der Waals surface area contributed by atoms with E-state index >= 15 is 0 Å². The Morgan fingerprint density at radius 2 is 2.25 bits per heavy atom. The summed E-state index contributed by atoms with van der Waals surface area (Å²) in [5.41, 5.74) is 0.649. The molecule has 1 aliphatic heterocycles. The zero-order valence-electron chi connectivity index (χ0n) is 8.71. The van der Waals surface area contributed by atoms with Gasteiger partial charge in [0.25, 0.3) is 0 Å². The number of hydrogen-bond acceptors (Lipinski definition) is 2. The van der Waals surface area contributed by atoms with Gasteiger partial charge in [-0.3, -0.25) is 4.79 Å². The van der Waals surface area contributed by atoms with Gasteiger partial charge in [0, 0.05) is 10.0 Å². The monoisotopic (exact) mass is 318 g/mol. The molecule has 16 heavy (non-hydrogen) atoms. The highest BCUT2D eigenvalue weighted by atomic mass is 79.9. The van der Waals surface area contributed by atoms with E-state index in [-0.39, 0.29) is 11.0 Å². The van der Waals surface area contributed by atoms with E-state index < -0.39 is 0 Å². The molecule has 1 nitrogen and oxygen atoms in total. The smallest absolute Gasteiger partial charge is 0.177 e. The van der Waals surface area contributed by atoms with Crippen molar-refractivity contribution in [1.82, 2.24) is 0 Å². The van der Waals surface area contributed by atoms with E-state index in [4.69, 9.17) is 11.6 Å². The summed E-state index contributed by atoms with van der Waals surface area (Å²) in [6, 6.07) is 5.44. The van der Waals surface area contributed by atoms with Crippen LogP contribution in [0.25, 0.3) is 0 Å². The molecule has 0 aromatic heterocycles. The Labute approximate surface area is 113 Å². The molecule has 1 fully saturated rings. The number of hydrogen-bond donors (Lipinski definition) is 0. The van der Waals surface area contributed by atoms with Crippen molar-refractivity contribution in [3.8, 4) is 0 Å². The van der Waals surface area contributed by atoms with Crippen LogP contribution in [0.15, 0.2) is 22.7 Å². The highest BCUT2D eigenvalue weighted by Crippen LogP contribution is 2.31. The average molecular weight is 320 g/mol. The molecule has 0 N–H and O–H groups in total. The quantitative estimate of drug-likeness (QED) is 0.743. The second-order valence-electron chi connectivity index (χ2n) is 3.84. The average Bonchev–Trinajstić information content (AvgIpc) is 2.32. The fraction of sp³-hybridized carbons (Fsp3) is 0.417. The summed E-state index contributed by atoms with van der Waals surface area (Å²) in [6.07, 6.45) is 3.35. The van der Waals surface area contributed by atoms with Gasteiger partial charge in [-0.05, 0) is 36.8 Å². The predicted molar refractivity (Wildman–Crippen MR) is 73.6 cm³/mol. The maximum absolute atomic E-state index is 12.2. The SMILES string of the molecule is O=C(c1cc(Br)ccc1Cl)C1CCCCS1. The summed E-state index contributed by atoms with van der Waals surface area (Å²) in [6.45, 7) is 0. The van der Waals surface area contributed by atoms with Gasteiger partial charge < -0.3 is 0 Å². The molecule has 1 aromatic rings. The van der Waals surface area contributed by atoms with Gasteiger partial charge in [0.1, 0.15) is 0 Å². The molecule has 0 bridgehead atoms. The van der Waals surface area contributed by atoms with Crippen molar-refractivity contribution in [3.05, 3.63) is 33.3 Å². The molecule has 2 rings (SSSR count). The van der Waals surface area contributed by atoms with Crippen molar-refractivity contribution >= 4 is 45.1 Å². The van der Waals surface area contributed by atoms with Crippen LogP contribution in [0.2, 0.25) is 5.02 Å². The number of benzene rings is 1. The topological polar surface area (TPSA) is 17.1 Å². The number of thioether (sulfide) groups is 1. The molecule has 1 aromatic carbocycles. The van der Waals surface area contributed by atoms with Gasteiger partial charge in [0.05, 0.1) is 10.3 Å². The van der Waals surface area contributed by atoms with E-state index in [2.05, 4.69) is 15.9 Å². The number of carbonyl (C=O) groups is 1. The molecule has 86 valence electrons. The van der Waals surface area contributed by atoms with E-state index in [9.17, 15) is 4.79 Å². The molecule has 0 amide bonds. The first-order valence-electron chi connectivity index (χ1n) is 5.29. The Hall–Kier alpha value is 0.01000. The van der Waals surface area contributed by atoms with Gasteiger partial charge in [-0.2, -0.15) is 11.8 Å². The van der Waals surface area contributed by atoms with E-state index in [1.807, 2.05) is 12.1 Å². The maximum Gasteiger partial charge on any atom is 0.177 e. The third-order valence-corrected chi connectivity index (χ3v) is 4.87. The number of rotatable bonds is 2. The van der Waals surface area contributed by atoms with Crippen molar-refractivity contribution in [2.75, 3.05) is 5.75 Å². The lowest BCUT2D eigenvalue weighted by Crippen LogP contribution is -2.21. The largest absolute Gasteiger partial charge is 0.293 e. The van der Waals surface area contributed by atoms with Crippen LogP contribution in [0.5, 0.6) is 0 Å². The molecular weight excluding hydrogens is 308 g/mol. The highest BCUT2D eigenvalue weighted by molar-refractivity contribution is 9.10. The summed E-state index contributed by atoms with van der Waals surface area (Å²) in [5.74, 6) is 1.26. The third kappa shape index (κ3) is 2.82. The van der Waals surface area contributed by atoms with E-state index in [1.165, 1.54) is 6.42 Å². The summed E-state index contributed by atoms with van der Waals surface area (Å²) in [5, 5.41) is 0.653. The van der Waals surface area contributed by atoms with E-state index in [1.54, 1.807) is 17.8 Å². The fourth-order valence-corrected chi connectivity index (χ4v) is 3.65. The van der Waals surface area contributed by atoms with Crippen molar-refractivity contribution < 1.29 is 4.79 Å². The van der Waals surface area contributed by atoms with Crippen molar-refractivity contribution in [2.45, 2.75) is 24.5 Å². The Morgan fingerprint density at radius 1 is 1.44 bits per heavy atom. The first kappa shape index (κ1) is 12.5. The van der Waals surface area contributed by atoms with Crippen LogP contribution in [0.1, 0.15) is 29.6 Å². The van der Waals surface area contributed by atoms with E-state index in [0.29, 0.717) is 10.6 Å². The number of carbonyl (C=O) groups excluding carboxylic acids is 1. The zero-order chi connectivity index (χ0) is 11.5. The summed E-state index contributed by atoms with van der Waals surface area (Å²) >= 11 is 11.2. The normalized spacial score (nSPS) is 20.8. The molecule has 0 spiro atoms. The fourth-order valence-electron chi connectivity index (χ4n) is 1.81. The summed E-state index contributed by atoms with van der Waals surface area (Å²) in [7, 11) is 0. The van der Waals surface area contributed by atoms with Crippen LogP contribution in [0.4, 0.5) is 0 Å². The van der Waals surface area contributed by atoms with Crippen LogP contribution in [0, 0.1) is 0 Å². The number of Topliss-reactive ketones (excluding diaryl/α,β-unsaturated/α-hetero) is 1. The van der Waals surface area contributed by atoms with E-state index in [0.717, 1.165) is 23.1 Å². The van der Waals surface area contributed by atoms with Crippen LogP contribution >= 0.6 is 39.3 Å². The molecule has 1 heterocycles. The lowest BCUT2D eigenvalue weighted by Gasteiger charge is -2.20. The lowest BCUT2D eigenvalue weighted by atomic mass is 10.0. The minimum Gasteiger partial charge on any atom is -0.293 e. The molecule has 0 aliphatic carbocycles. The molecule has 1 aliphatic rings. The summed E-state index contributed by atoms with van der Waals surface area (Å²) < 4.78 is 0.904. The Morgan fingerprint density at radius 3 is 2.94 bits per heavy atom. The molecule has 0 saturated carbocycles. The van der Waals surface area contributed by atoms with Crippen LogP contribution in [-0.2, 0) is 0 Å². The molecule has 1 saturated heterocycles. The molecule has 1 unspecified atom stereocenters. The number of ketones is 1. The van der Waals surface area contributed by atoms with Crippen molar-refractivity contribution in [2.24, 2.45) is 0 Å². The lowest BCUT2D eigenvalue weighted by molar-refractivity contribution is 0.0985. The van der Waals surface area contributed by atoms with Gasteiger partial charge in [-0.15, -0.1) is 0 Å². The van der Waals surface area contributed by atoms with Gasteiger partial charge >= 0.3 is 0 Å². The van der Waals surface area contributed by atoms with Gasteiger partial charge in [0.15, 0.2) is 5.78 Å². The molecule has 0 radical (unpaired) electrons. The first-order chi connectivity index (χ1) is 7.68. The van der Waals surface area contributed by atoms with Crippen LogP contribution in [-0.4, -0.2) is 16.8 Å². The second-order valence-corrected chi connectivity index (χ2v) is 6.48. The van der Waals surface area contributed by atoms with Crippen molar-refractivity contribution in [3.63, 3.8) is 0 Å². The van der Waals surface area contributed by atoms with Crippen molar-refractivity contribution in [1.29, 1.82) is 0 Å². The minimum absolute atomic E-state index is 0.0977. The molecular formula is C12H12BrClOS. The summed E-state index contributed by atoms with van der Waals surface area (Å²) in [4.78, 5) is 12.2. The van der Waals surface area contributed by atoms with Gasteiger partial charge in [0.2, 0.25) is 0 Å². The second kappa shape index (κ2) is 5.56. The Kier molecular flexibility index (Phi) is 4.34.